The Morgan fingerprint density at radius 3 is 3.00 bits per heavy atom. The smallest absolute Gasteiger partial charge is 0.323 e. The number of hydrogen-bond acceptors (Lipinski definition) is 5. The molecule has 0 saturated heterocycles. The monoisotopic (exact) mass is 298 g/mol. The van der Waals surface area contributed by atoms with Gasteiger partial charge in [0.1, 0.15) is 9.88 Å². The highest BCUT2D eigenvalue weighted by atomic mass is 32.2. The molecule has 1 heterocycles. The molecule has 2 unspecified atom stereocenters. The molecule has 3 rings (SSSR count). The number of carboxylic acid groups (broad SMARTS) is 1. The van der Waals surface area contributed by atoms with Crippen molar-refractivity contribution in [1.29, 1.82) is 0 Å². The van der Waals surface area contributed by atoms with Gasteiger partial charge in [0.25, 0.3) is 0 Å². The average molecular weight is 298 g/mol. The third-order valence-electron chi connectivity index (χ3n) is 3.85. The van der Waals surface area contributed by atoms with Gasteiger partial charge in [0, 0.05) is 22.9 Å². The zero-order chi connectivity index (χ0) is 13.3. The summed E-state index contributed by atoms with van der Waals surface area (Å²) in [6, 6.07) is 0.430. The number of carboxylic acids is 1. The molecule has 6 heteroatoms. The molecule has 0 bridgehead atoms. The zero-order valence-electron chi connectivity index (χ0n) is 10.7. The highest BCUT2D eigenvalue weighted by molar-refractivity contribution is 8.01. The number of thioether (sulfide) groups is 1. The minimum absolute atomic E-state index is 0.363. The van der Waals surface area contributed by atoms with Crippen molar-refractivity contribution in [3.63, 3.8) is 0 Å². The van der Waals surface area contributed by atoms with Gasteiger partial charge in [0.2, 0.25) is 0 Å². The molecule has 2 aliphatic rings. The maximum Gasteiger partial charge on any atom is 0.323 e. The number of nitrogens with zero attached hydrogens (tertiary/aromatic N) is 1. The molecule has 1 aromatic heterocycles. The average Bonchev–Trinajstić information content (AvgIpc) is 3.03. The summed E-state index contributed by atoms with van der Waals surface area (Å²) in [7, 11) is 0. The fraction of sp³-hybridized carbons (Fsp3) is 0.692. The first-order valence-electron chi connectivity index (χ1n) is 6.75. The van der Waals surface area contributed by atoms with Crippen molar-refractivity contribution in [2.45, 2.75) is 59.7 Å². The van der Waals surface area contributed by atoms with E-state index in [1.807, 2.05) is 11.6 Å². The van der Waals surface area contributed by atoms with E-state index in [1.165, 1.54) is 0 Å². The molecule has 2 saturated carbocycles. The first-order chi connectivity index (χ1) is 9.18. The Hall–Kier alpha value is -0.590. The van der Waals surface area contributed by atoms with E-state index in [0.29, 0.717) is 17.7 Å². The van der Waals surface area contributed by atoms with Crippen molar-refractivity contribution < 1.29 is 9.90 Å². The molecule has 104 valence electrons. The van der Waals surface area contributed by atoms with Crippen LogP contribution in [0.1, 0.15) is 38.5 Å². The van der Waals surface area contributed by atoms with Gasteiger partial charge in [-0.25, -0.2) is 4.98 Å². The van der Waals surface area contributed by atoms with E-state index in [-0.39, 0.29) is 0 Å². The molecule has 1 aromatic rings. The maximum atomic E-state index is 11.7. The Morgan fingerprint density at radius 2 is 2.37 bits per heavy atom. The lowest BCUT2D eigenvalue weighted by atomic mass is 9.81. The van der Waals surface area contributed by atoms with Crippen molar-refractivity contribution >= 4 is 29.1 Å². The fourth-order valence-corrected chi connectivity index (χ4v) is 4.96. The van der Waals surface area contributed by atoms with Crippen LogP contribution in [0, 0.1) is 0 Å². The summed E-state index contributed by atoms with van der Waals surface area (Å²) >= 11 is 3.38. The Balaban J connectivity index is 1.68. The number of carbonyl (C=O) groups is 1. The fourth-order valence-electron chi connectivity index (χ4n) is 2.74. The molecule has 0 amide bonds. The van der Waals surface area contributed by atoms with E-state index in [9.17, 15) is 9.90 Å². The first-order valence-corrected chi connectivity index (χ1v) is 8.51. The van der Waals surface area contributed by atoms with E-state index in [0.717, 1.165) is 36.4 Å². The second kappa shape index (κ2) is 5.42. The van der Waals surface area contributed by atoms with E-state index in [2.05, 4.69) is 10.3 Å². The Bertz CT molecular complexity index is 448. The normalized spacial score (nSPS) is 31.3. The van der Waals surface area contributed by atoms with Crippen LogP contribution in [-0.4, -0.2) is 32.9 Å². The largest absolute Gasteiger partial charge is 0.480 e. The minimum atomic E-state index is -0.700. The van der Waals surface area contributed by atoms with Gasteiger partial charge in [-0.3, -0.25) is 10.1 Å². The molecule has 2 atom stereocenters. The van der Waals surface area contributed by atoms with Crippen molar-refractivity contribution in [1.82, 2.24) is 10.3 Å². The second-order valence-corrected chi connectivity index (χ2v) is 7.88. The predicted molar refractivity (Wildman–Crippen MR) is 76.8 cm³/mol. The Labute approximate surface area is 121 Å². The summed E-state index contributed by atoms with van der Waals surface area (Å²) < 4.78 is 1.05. The summed E-state index contributed by atoms with van der Waals surface area (Å²) in [4.78, 5) is 16.0. The molecule has 0 aliphatic heterocycles. The molecular formula is C13H18N2O2S2. The van der Waals surface area contributed by atoms with Crippen LogP contribution in [0.25, 0.3) is 0 Å². The highest BCUT2D eigenvalue weighted by Crippen LogP contribution is 2.40. The van der Waals surface area contributed by atoms with E-state index >= 15 is 0 Å². The first kappa shape index (κ1) is 13.4. The third-order valence-corrected chi connectivity index (χ3v) is 6.04. The lowest BCUT2D eigenvalue weighted by Crippen LogP contribution is -2.56. The molecule has 2 fully saturated rings. The lowest BCUT2D eigenvalue weighted by Gasteiger charge is -2.38. The molecule has 2 N–H and O–H groups in total. The van der Waals surface area contributed by atoms with Gasteiger partial charge in [-0.15, -0.1) is 11.3 Å². The van der Waals surface area contributed by atoms with Crippen molar-refractivity contribution in [3.8, 4) is 0 Å². The van der Waals surface area contributed by atoms with Crippen molar-refractivity contribution in [2.24, 2.45) is 0 Å². The molecule has 19 heavy (non-hydrogen) atoms. The van der Waals surface area contributed by atoms with Crippen LogP contribution in [0.2, 0.25) is 0 Å². The highest BCUT2D eigenvalue weighted by Gasteiger charge is 2.46. The lowest BCUT2D eigenvalue weighted by molar-refractivity contribution is -0.146. The third kappa shape index (κ3) is 3.12. The van der Waals surface area contributed by atoms with Crippen LogP contribution in [0.3, 0.4) is 0 Å². The van der Waals surface area contributed by atoms with Gasteiger partial charge in [-0.2, -0.15) is 0 Å². The van der Waals surface area contributed by atoms with Crippen LogP contribution in [0.5, 0.6) is 0 Å². The quantitative estimate of drug-likeness (QED) is 0.875. The van der Waals surface area contributed by atoms with Crippen LogP contribution in [-0.2, 0) is 4.79 Å². The van der Waals surface area contributed by atoms with Gasteiger partial charge in [0.05, 0.1) is 0 Å². The van der Waals surface area contributed by atoms with Gasteiger partial charge in [-0.1, -0.05) is 11.8 Å². The van der Waals surface area contributed by atoms with Crippen molar-refractivity contribution in [3.05, 3.63) is 11.6 Å². The van der Waals surface area contributed by atoms with Gasteiger partial charge in [-0.05, 0) is 38.5 Å². The number of thiazole rings is 1. The summed E-state index contributed by atoms with van der Waals surface area (Å²) in [6.45, 7) is 0. The SMILES string of the molecule is O=C(O)C1(NC2CC2)CCCC(Sc2nccs2)C1. The van der Waals surface area contributed by atoms with Gasteiger partial charge >= 0.3 is 5.97 Å². The minimum Gasteiger partial charge on any atom is -0.480 e. The summed E-state index contributed by atoms with van der Waals surface area (Å²) in [5.74, 6) is -0.677. The molecular weight excluding hydrogens is 280 g/mol. The van der Waals surface area contributed by atoms with E-state index in [1.54, 1.807) is 23.1 Å². The Kier molecular flexibility index (Phi) is 3.82. The van der Waals surface area contributed by atoms with Gasteiger partial charge in [0.15, 0.2) is 0 Å². The number of nitrogens with one attached hydrogen (secondary N) is 1. The summed E-state index contributed by atoms with van der Waals surface area (Å²) in [5, 5.41) is 15.3. The van der Waals surface area contributed by atoms with E-state index < -0.39 is 11.5 Å². The summed E-state index contributed by atoms with van der Waals surface area (Å²) in [5.41, 5.74) is -0.700. The molecule has 0 spiro atoms. The van der Waals surface area contributed by atoms with Gasteiger partial charge < -0.3 is 5.11 Å². The predicted octanol–water partition coefficient (Wildman–Crippen LogP) is 2.75. The van der Waals surface area contributed by atoms with Crippen LogP contribution < -0.4 is 5.32 Å². The number of aromatic nitrogens is 1. The Morgan fingerprint density at radius 1 is 1.53 bits per heavy atom. The van der Waals surface area contributed by atoms with Crippen LogP contribution in [0.4, 0.5) is 0 Å². The second-order valence-electron chi connectivity index (χ2n) is 5.44. The number of aliphatic carboxylic acids is 1. The maximum absolute atomic E-state index is 11.7. The zero-order valence-corrected chi connectivity index (χ0v) is 12.3. The molecule has 2 aliphatic carbocycles. The van der Waals surface area contributed by atoms with Crippen LogP contribution >= 0.6 is 23.1 Å². The molecule has 4 nitrogen and oxygen atoms in total. The topological polar surface area (TPSA) is 62.2 Å². The number of rotatable bonds is 5. The molecule has 0 aromatic carbocycles. The standard InChI is InChI=1S/C13H18N2O2S2/c16-11(17)13(15-9-3-4-9)5-1-2-10(8-13)19-12-14-6-7-18-12/h6-7,9-10,15H,1-5,8H2,(H,16,17). The summed E-state index contributed by atoms with van der Waals surface area (Å²) in [6.07, 6.45) is 7.60. The van der Waals surface area contributed by atoms with Crippen molar-refractivity contribution in [2.75, 3.05) is 0 Å². The number of hydrogen-bond donors (Lipinski definition) is 2. The van der Waals surface area contributed by atoms with Crippen LogP contribution in [0.15, 0.2) is 15.9 Å². The molecule has 0 radical (unpaired) electrons. The van der Waals surface area contributed by atoms with E-state index in [4.69, 9.17) is 0 Å².